The van der Waals surface area contributed by atoms with Crippen LogP contribution in [0.4, 0.5) is 0 Å². The molecule has 0 aliphatic rings. The molecule has 7 aromatic carbocycles. The van der Waals surface area contributed by atoms with Crippen LogP contribution in [0.1, 0.15) is 78.5 Å². The summed E-state index contributed by atoms with van der Waals surface area (Å²) in [5.41, 5.74) is 26.7. The van der Waals surface area contributed by atoms with Crippen molar-refractivity contribution in [3.8, 4) is 0 Å². The molecule has 0 aliphatic heterocycles. The van der Waals surface area contributed by atoms with E-state index in [9.17, 15) is 0 Å². The van der Waals surface area contributed by atoms with E-state index in [-0.39, 0.29) is 0 Å². The van der Waals surface area contributed by atoms with Crippen LogP contribution in [0.15, 0.2) is 195 Å². The first-order valence-electron chi connectivity index (χ1n) is 28.3. The zero-order valence-corrected chi connectivity index (χ0v) is 50.9. The smallest absolute Gasteiger partial charge is 0.0918 e. The van der Waals surface area contributed by atoms with Gasteiger partial charge >= 0.3 is 0 Å². The van der Waals surface area contributed by atoms with Crippen LogP contribution < -0.4 is 0 Å². The molecule has 7 heterocycles. The second-order valence-corrected chi connectivity index (χ2v) is 21.4. The van der Waals surface area contributed by atoms with E-state index in [0.717, 1.165) is 83.6 Å². The molecule has 10 nitrogen and oxygen atoms in total. The van der Waals surface area contributed by atoms with E-state index in [2.05, 4.69) is 215 Å². The first-order chi connectivity index (χ1) is 40.4. The summed E-state index contributed by atoms with van der Waals surface area (Å²) in [7, 11) is 0. The maximum Gasteiger partial charge on any atom is 0.0918 e. The lowest BCUT2D eigenvalue weighted by atomic mass is 10.1. The highest BCUT2D eigenvalue weighted by Crippen LogP contribution is 2.21. The van der Waals surface area contributed by atoms with Crippen LogP contribution >= 0.6 is 0 Å². The lowest BCUT2D eigenvalue weighted by Gasteiger charge is -2.02. The molecule has 420 valence electrons. The van der Waals surface area contributed by atoms with Gasteiger partial charge in [-0.25, -0.2) is 15.0 Å². The number of hydrogen-bond acceptors (Lipinski definition) is 10. The molecule has 0 saturated heterocycles. The summed E-state index contributed by atoms with van der Waals surface area (Å²) in [6.07, 6.45) is 8.93. The first-order valence-corrected chi connectivity index (χ1v) is 28.3. The fourth-order valence-electron chi connectivity index (χ4n) is 9.18. The minimum absolute atomic E-state index is 0.964. The second kappa shape index (κ2) is 28.3. The third kappa shape index (κ3) is 16.2. The molecule has 84 heavy (non-hydrogen) atoms. The minimum Gasteiger partial charge on any atom is -0.256 e. The Bertz CT molecular complexity index is 4040. The van der Waals surface area contributed by atoms with Crippen molar-refractivity contribution in [2.75, 3.05) is 0 Å². The number of para-hydroxylation sites is 2. The summed E-state index contributed by atoms with van der Waals surface area (Å²) in [4.78, 5) is 43.5. The highest BCUT2D eigenvalue weighted by Gasteiger charge is 2.03. The van der Waals surface area contributed by atoms with E-state index in [1.165, 1.54) is 71.6 Å². The van der Waals surface area contributed by atoms with Gasteiger partial charge in [0, 0.05) is 63.9 Å². The quantitative estimate of drug-likeness (QED) is 0.145. The summed E-state index contributed by atoms with van der Waals surface area (Å²) in [6.45, 7) is 28.7. The number of nitrogens with zero attached hydrogens (tertiary/aromatic N) is 10. The van der Waals surface area contributed by atoms with Crippen molar-refractivity contribution >= 4 is 76.7 Å². The lowest BCUT2D eigenvalue weighted by Crippen LogP contribution is -1.92. The van der Waals surface area contributed by atoms with Gasteiger partial charge in [0.15, 0.2) is 0 Å². The van der Waals surface area contributed by atoms with Gasteiger partial charge in [0.25, 0.3) is 0 Å². The second-order valence-electron chi connectivity index (χ2n) is 21.4. The van der Waals surface area contributed by atoms with Crippen LogP contribution in [0.5, 0.6) is 0 Å². The predicted molar refractivity (Wildman–Crippen MR) is 352 cm³/mol. The van der Waals surface area contributed by atoms with E-state index in [1.807, 2.05) is 108 Å². The predicted octanol–water partition coefficient (Wildman–Crippen LogP) is 18.1. The van der Waals surface area contributed by atoms with Crippen molar-refractivity contribution in [1.82, 2.24) is 49.8 Å². The highest BCUT2D eigenvalue weighted by atomic mass is 14.8. The van der Waals surface area contributed by atoms with Crippen LogP contribution in [-0.2, 0) is 0 Å². The standard InChI is InChI=1S/4C11H11N.3C10H10N2/c1-8-3-6-11-10(7-8)5-4-9(2)12-11;1-8-3-5-10-6-4-9(2)12-11(10)7-8;1-8-5-6-9(2)11-10(8)4-3-7-12-11;1-8-6-10-4-3-5-12-11(10)7-9(8)2;1-7-3-4-9-10(5-7)11-6-8(2)12-9;1-7-3-4-8(2)10-9(7)11-5-6-12-10;1-7-8(2)12-10-6-4-3-5-9(10)11-7/h4*3-7H,1-2H3;3*3-6H,1-2H3. The van der Waals surface area contributed by atoms with Gasteiger partial charge < -0.3 is 0 Å². The molecule has 14 rings (SSSR count). The number of aromatic nitrogens is 10. The Morgan fingerprint density at radius 3 is 1.35 bits per heavy atom. The Morgan fingerprint density at radius 1 is 0.238 bits per heavy atom. The topological polar surface area (TPSA) is 129 Å². The number of hydrogen-bond donors (Lipinski definition) is 0. The van der Waals surface area contributed by atoms with Crippen LogP contribution in [-0.4, -0.2) is 49.8 Å². The lowest BCUT2D eigenvalue weighted by molar-refractivity contribution is 1.10. The number of pyridine rings is 4. The number of rotatable bonds is 0. The van der Waals surface area contributed by atoms with Crippen molar-refractivity contribution in [1.29, 1.82) is 0 Å². The summed E-state index contributed by atoms with van der Waals surface area (Å²) < 4.78 is 0. The maximum atomic E-state index is 4.44. The molecule has 10 heteroatoms. The van der Waals surface area contributed by atoms with E-state index in [0.29, 0.717) is 0 Å². The Morgan fingerprint density at radius 2 is 0.702 bits per heavy atom. The molecule has 0 fully saturated rings. The van der Waals surface area contributed by atoms with Gasteiger partial charge in [-0.2, -0.15) is 0 Å². The maximum absolute atomic E-state index is 4.44. The summed E-state index contributed by atoms with van der Waals surface area (Å²) in [6, 6.07) is 55.8. The van der Waals surface area contributed by atoms with Crippen LogP contribution in [0.2, 0.25) is 0 Å². The molecule has 0 spiro atoms. The average molecular weight is 1100 g/mol. The van der Waals surface area contributed by atoms with Gasteiger partial charge in [-0.05, 0) is 220 Å². The molecule has 0 radical (unpaired) electrons. The third-order valence-electron chi connectivity index (χ3n) is 14.2. The minimum atomic E-state index is 0.964. The van der Waals surface area contributed by atoms with E-state index in [1.54, 1.807) is 18.6 Å². The van der Waals surface area contributed by atoms with Gasteiger partial charge in [0.2, 0.25) is 0 Å². The molecule has 0 N–H and O–H groups in total. The molecule has 0 unspecified atom stereocenters. The van der Waals surface area contributed by atoms with E-state index < -0.39 is 0 Å². The molecule has 0 saturated carbocycles. The van der Waals surface area contributed by atoms with Crippen molar-refractivity contribution in [3.05, 3.63) is 273 Å². The molecule has 14 aromatic rings. The largest absolute Gasteiger partial charge is 0.256 e. The molecule has 7 aromatic heterocycles. The monoisotopic (exact) mass is 1100 g/mol. The Labute approximate surface area is 494 Å². The highest BCUT2D eigenvalue weighted by molar-refractivity contribution is 5.85. The van der Waals surface area contributed by atoms with Crippen LogP contribution in [0.25, 0.3) is 76.7 Å². The van der Waals surface area contributed by atoms with Crippen molar-refractivity contribution in [3.63, 3.8) is 0 Å². The van der Waals surface area contributed by atoms with Gasteiger partial charge in [-0.1, -0.05) is 90.5 Å². The van der Waals surface area contributed by atoms with E-state index in [4.69, 9.17) is 0 Å². The van der Waals surface area contributed by atoms with Crippen molar-refractivity contribution in [2.24, 2.45) is 0 Å². The van der Waals surface area contributed by atoms with Crippen molar-refractivity contribution in [2.45, 2.75) is 96.9 Å². The van der Waals surface area contributed by atoms with Crippen molar-refractivity contribution < 1.29 is 0 Å². The third-order valence-corrected chi connectivity index (χ3v) is 14.2. The summed E-state index contributed by atoms with van der Waals surface area (Å²) >= 11 is 0. The molecule has 0 amide bonds. The number of aryl methyl sites for hydroxylation is 14. The molecule has 0 aliphatic carbocycles. The first kappa shape index (κ1) is 60.3. The zero-order valence-electron chi connectivity index (χ0n) is 50.9. The number of fused-ring (bicyclic) bond motifs is 7. The average Bonchev–Trinajstić information content (AvgIpc) is 3.65. The molecular formula is C74H74N10. The summed E-state index contributed by atoms with van der Waals surface area (Å²) in [5, 5.41) is 4.92. The molecular weight excluding hydrogens is 1030 g/mol. The SMILES string of the molecule is Cc1cc2cccnc2cc1C.Cc1ccc(C)c2ncccc12.Cc1ccc(C)c2nccnc12.Cc1ccc2ccc(C)nc2c1.Cc1ccc2nc(C)ccc2c1.Cc1ccc2nc(C)cnc2c1.Cc1nc2ccccc2nc1C. The molecule has 0 atom stereocenters. The normalized spacial score (nSPS) is 10.5. The van der Waals surface area contributed by atoms with Gasteiger partial charge in [0.05, 0.1) is 72.2 Å². The van der Waals surface area contributed by atoms with Crippen LogP contribution in [0, 0.1) is 96.9 Å². The van der Waals surface area contributed by atoms with Crippen LogP contribution in [0.3, 0.4) is 0 Å². The van der Waals surface area contributed by atoms with Gasteiger partial charge in [-0.15, -0.1) is 0 Å². The Balaban J connectivity index is 0.000000128. The number of benzene rings is 7. The van der Waals surface area contributed by atoms with E-state index >= 15 is 0 Å². The molecule has 0 bridgehead atoms. The summed E-state index contributed by atoms with van der Waals surface area (Å²) in [5.74, 6) is 0. The fraction of sp³-hybridized carbons (Fsp3) is 0.189. The zero-order chi connectivity index (χ0) is 59.9. The Hall–Kier alpha value is -9.80. The van der Waals surface area contributed by atoms with Gasteiger partial charge in [0.1, 0.15) is 0 Å². The van der Waals surface area contributed by atoms with Gasteiger partial charge in [-0.3, -0.25) is 34.9 Å². The Kier molecular flexibility index (Phi) is 20.3. The fourth-order valence-corrected chi connectivity index (χ4v) is 9.18.